The molecule has 0 amide bonds. The average Bonchev–Trinajstić information content (AvgIpc) is 2.29. The number of ether oxygens (including phenoxy) is 1. The van der Waals surface area contributed by atoms with E-state index in [1.54, 1.807) is 12.1 Å². The van der Waals surface area contributed by atoms with Crippen LogP contribution in [-0.4, -0.2) is 0 Å². The molecule has 0 atom stereocenters. The topological polar surface area (TPSA) is 9.23 Å². The van der Waals surface area contributed by atoms with E-state index < -0.39 is 0 Å². The van der Waals surface area contributed by atoms with Gasteiger partial charge < -0.3 is 4.74 Å². The van der Waals surface area contributed by atoms with Gasteiger partial charge in [0.25, 0.3) is 0 Å². The third kappa shape index (κ3) is 3.38. The molecule has 0 saturated carbocycles. The first-order valence-corrected chi connectivity index (χ1v) is 6.67. The van der Waals surface area contributed by atoms with Gasteiger partial charge in [0.15, 0.2) is 0 Å². The van der Waals surface area contributed by atoms with E-state index in [9.17, 15) is 0 Å². The molecule has 0 saturated heterocycles. The highest BCUT2D eigenvalue weighted by Gasteiger charge is 2.05. The molecule has 88 valence electrons. The number of rotatable bonds is 3. The van der Waals surface area contributed by atoms with Gasteiger partial charge in [-0.25, -0.2) is 0 Å². The number of halogens is 3. The van der Waals surface area contributed by atoms with Crippen molar-refractivity contribution < 1.29 is 4.74 Å². The van der Waals surface area contributed by atoms with Crippen LogP contribution in [0.5, 0.6) is 11.5 Å². The second-order valence-corrected chi connectivity index (χ2v) is 5.06. The summed E-state index contributed by atoms with van der Waals surface area (Å²) < 4.78 is 6.73. The Bertz CT molecular complexity index is 529. The van der Waals surface area contributed by atoms with Gasteiger partial charge in [0.05, 0.1) is 5.88 Å². The Morgan fingerprint density at radius 2 is 1.94 bits per heavy atom. The summed E-state index contributed by atoms with van der Waals surface area (Å²) in [5.74, 6) is 1.82. The molecule has 0 spiro atoms. The predicted octanol–water partition coefficient (Wildman–Crippen LogP) is 5.63. The maximum Gasteiger partial charge on any atom is 0.133 e. The van der Waals surface area contributed by atoms with Crippen molar-refractivity contribution in [3.8, 4) is 11.5 Å². The first-order chi connectivity index (χ1) is 8.19. The van der Waals surface area contributed by atoms with Crippen molar-refractivity contribution in [1.29, 1.82) is 0 Å². The van der Waals surface area contributed by atoms with Crippen LogP contribution < -0.4 is 4.74 Å². The third-order valence-electron chi connectivity index (χ3n) is 2.20. The lowest BCUT2D eigenvalue weighted by atomic mass is 10.2. The van der Waals surface area contributed by atoms with Gasteiger partial charge in [-0.3, -0.25) is 0 Å². The highest BCUT2D eigenvalue weighted by Crippen LogP contribution is 2.30. The predicted molar refractivity (Wildman–Crippen MR) is 75.2 cm³/mol. The fraction of sp³-hybridized carbons (Fsp3) is 0.0769. The Morgan fingerprint density at radius 1 is 1.12 bits per heavy atom. The van der Waals surface area contributed by atoms with Crippen LogP contribution >= 0.6 is 39.1 Å². The first kappa shape index (κ1) is 12.7. The molecule has 2 aromatic carbocycles. The van der Waals surface area contributed by atoms with Crippen LogP contribution in [0.3, 0.4) is 0 Å². The molecule has 1 nitrogen and oxygen atoms in total. The van der Waals surface area contributed by atoms with Crippen LogP contribution in [0.1, 0.15) is 5.56 Å². The molecule has 0 N–H and O–H groups in total. The number of hydrogen-bond donors (Lipinski definition) is 0. The van der Waals surface area contributed by atoms with E-state index in [0.29, 0.717) is 16.7 Å². The molecule has 2 aromatic rings. The monoisotopic (exact) mass is 330 g/mol. The summed E-state index contributed by atoms with van der Waals surface area (Å²) in [5.41, 5.74) is 0.913. The molecule has 0 fully saturated rings. The van der Waals surface area contributed by atoms with Crippen molar-refractivity contribution in [2.75, 3.05) is 0 Å². The first-order valence-electron chi connectivity index (χ1n) is 4.97. The minimum atomic E-state index is 0.389. The molecule has 0 unspecified atom stereocenters. The van der Waals surface area contributed by atoms with E-state index in [1.807, 2.05) is 30.3 Å². The molecule has 0 aliphatic rings. The minimum absolute atomic E-state index is 0.389. The Hall–Kier alpha value is -0.700. The Balaban J connectivity index is 2.32. The standard InChI is InChI=1S/C13H9BrCl2O/c14-10-2-1-3-12(6-10)17-13-7-11(16)5-4-9(13)8-15/h1-7H,8H2. The smallest absolute Gasteiger partial charge is 0.133 e. The summed E-state index contributed by atoms with van der Waals surface area (Å²) in [6, 6.07) is 13.0. The van der Waals surface area contributed by atoms with Gasteiger partial charge in [0, 0.05) is 15.1 Å². The lowest BCUT2D eigenvalue weighted by molar-refractivity contribution is 0.478. The van der Waals surface area contributed by atoms with Gasteiger partial charge in [-0.05, 0) is 30.3 Å². The van der Waals surface area contributed by atoms with Crippen LogP contribution in [0.2, 0.25) is 5.02 Å². The van der Waals surface area contributed by atoms with Gasteiger partial charge in [0.2, 0.25) is 0 Å². The molecule has 0 heterocycles. The normalized spacial score (nSPS) is 10.3. The van der Waals surface area contributed by atoms with Gasteiger partial charge in [-0.2, -0.15) is 0 Å². The fourth-order valence-corrected chi connectivity index (χ4v) is 2.15. The second kappa shape index (κ2) is 5.76. The van der Waals surface area contributed by atoms with Crippen LogP contribution in [0.15, 0.2) is 46.9 Å². The van der Waals surface area contributed by atoms with Gasteiger partial charge in [0.1, 0.15) is 11.5 Å². The van der Waals surface area contributed by atoms with E-state index in [-0.39, 0.29) is 0 Å². The van der Waals surface area contributed by atoms with Crippen LogP contribution in [0.25, 0.3) is 0 Å². The van der Waals surface area contributed by atoms with E-state index in [1.165, 1.54) is 0 Å². The maximum absolute atomic E-state index is 5.94. The van der Waals surface area contributed by atoms with Crippen molar-refractivity contribution in [1.82, 2.24) is 0 Å². The zero-order valence-corrected chi connectivity index (χ0v) is 11.9. The lowest BCUT2D eigenvalue weighted by Gasteiger charge is -2.10. The quantitative estimate of drug-likeness (QED) is 0.662. The van der Waals surface area contributed by atoms with Crippen molar-refractivity contribution in [2.45, 2.75) is 5.88 Å². The van der Waals surface area contributed by atoms with Crippen molar-refractivity contribution in [2.24, 2.45) is 0 Å². The van der Waals surface area contributed by atoms with E-state index >= 15 is 0 Å². The lowest BCUT2D eigenvalue weighted by Crippen LogP contribution is -1.89. The number of benzene rings is 2. The summed E-state index contributed by atoms with van der Waals surface area (Å²) in [6.45, 7) is 0. The fourth-order valence-electron chi connectivity index (χ4n) is 1.39. The Kier molecular flexibility index (Phi) is 4.32. The molecule has 0 aliphatic carbocycles. The van der Waals surface area contributed by atoms with Crippen molar-refractivity contribution in [3.63, 3.8) is 0 Å². The van der Waals surface area contributed by atoms with Gasteiger partial charge >= 0.3 is 0 Å². The zero-order chi connectivity index (χ0) is 12.3. The number of hydrogen-bond acceptors (Lipinski definition) is 1. The Labute approximate surface area is 118 Å². The molecule has 2 rings (SSSR count). The number of alkyl halides is 1. The van der Waals surface area contributed by atoms with Crippen molar-refractivity contribution in [3.05, 3.63) is 57.5 Å². The van der Waals surface area contributed by atoms with E-state index in [0.717, 1.165) is 15.8 Å². The van der Waals surface area contributed by atoms with E-state index in [2.05, 4.69) is 15.9 Å². The van der Waals surface area contributed by atoms with Crippen molar-refractivity contribution >= 4 is 39.1 Å². The summed E-state index contributed by atoms with van der Waals surface area (Å²) in [6.07, 6.45) is 0. The SMILES string of the molecule is ClCc1ccc(Cl)cc1Oc1cccc(Br)c1. The van der Waals surface area contributed by atoms with Gasteiger partial charge in [-0.15, -0.1) is 11.6 Å². The summed E-state index contributed by atoms with van der Waals surface area (Å²) in [4.78, 5) is 0. The molecule has 0 radical (unpaired) electrons. The molecule has 0 aliphatic heterocycles. The molecule has 0 aromatic heterocycles. The highest BCUT2D eigenvalue weighted by molar-refractivity contribution is 9.10. The summed E-state index contributed by atoms with van der Waals surface area (Å²) >= 11 is 15.2. The molecule has 0 bridgehead atoms. The highest BCUT2D eigenvalue weighted by atomic mass is 79.9. The molecular formula is C13H9BrCl2O. The Morgan fingerprint density at radius 3 is 2.65 bits per heavy atom. The zero-order valence-electron chi connectivity index (χ0n) is 8.79. The molecule has 4 heteroatoms. The second-order valence-electron chi connectivity index (χ2n) is 3.45. The summed E-state index contributed by atoms with van der Waals surface area (Å²) in [5, 5.41) is 0.629. The summed E-state index contributed by atoms with van der Waals surface area (Å²) in [7, 11) is 0. The largest absolute Gasteiger partial charge is 0.457 e. The maximum atomic E-state index is 5.94. The van der Waals surface area contributed by atoms with Gasteiger partial charge in [-0.1, -0.05) is 39.7 Å². The average molecular weight is 332 g/mol. The van der Waals surface area contributed by atoms with Crippen LogP contribution in [-0.2, 0) is 5.88 Å². The van der Waals surface area contributed by atoms with Crippen LogP contribution in [0.4, 0.5) is 0 Å². The minimum Gasteiger partial charge on any atom is -0.457 e. The van der Waals surface area contributed by atoms with Crippen LogP contribution in [0, 0.1) is 0 Å². The molecule has 17 heavy (non-hydrogen) atoms. The van der Waals surface area contributed by atoms with E-state index in [4.69, 9.17) is 27.9 Å². The molecular weight excluding hydrogens is 323 g/mol. The third-order valence-corrected chi connectivity index (χ3v) is 3.21.